The Kier molecular flexibility index (Phi) is 3.44. The van der Waals surface area contributed by atoms with Crippen LogP contribution in [0.3, 0.4) is 0 Å². The van der Waals surface area contributed by atoms with Gasteiger partial charge in [-0.15, -0.1) is 0 Å². The van der Waals surface area contributed by atoms with Crippen LogP contribution < -0.4 is 10.6 Å². The number of anilines is 1. The molecule has 0 bridgehead atoms. The van der Waals surface area contributed by atoms with Crippen molar-refractivity contribution in [2.75, 3.05) is 38.5 Å². The van der Waals surface area contributed by atoms with Crippen molar-refractivity contribution in [2.24, 2.45) is 0 Å². The van der Waals surface area contributed by atoms with E-state index in [1.165, 1.54) is 22.3 Å². The number of piperazine rings is 1. The van der Waals surface area contributed by atoms with Gasteiger partial charge in [-0.3, -0.25) is 4.90 Å². The topological polar surface area (TPSA) is 43.1 Å². The number of nitrogens with one attached hydrogen (secondary N) is 3. The normalized spacial score (nSPS) is 20.8. The minimum absolute atomic E-state index is 0.557. The quantitative estimate of drug-likeness (QED) is 0.786. The summed E-state index contributed by atoms with van der Waals surface area (Å²) in [7, 11) is 2.20. The van der Waals surface area contributed by atoms with Gasteiger partial charge >= 0.3 is 0 Å². The van der Waals surface area contributed by atoms with Crippen LogP contribution in [0.5, 0.6) is 0 Å². The maximum absolute atomic E-state index is 3.62. The van der Waals surface area contributed by atoms with Gasteiger partial charge in [0.25, 0.3) is 0 Å². The fraction of sp³-hybridized carbons (Fsp3) is 0.467. The van der Waals surface area contributed by atoms with E-state index in [1.807, 2.05) is 0 Å². The molecule has 1 atom stereocenters. The van der Waals surface area contributed by atoms with Gasteiger partial charge in [-0.05, 0) is 20.0 Å². The number of nitrogens with zero attached hydrogens (tertiary/aromatic N) is 1. The summed E-state index contributed by atoms with van der Waals surface area (Å²) in [6.07, 6.45) is 0. The van der Waals surface area contributed by atoms with Gasteiger partial charge in [0.1, 0.15) is 0 Å². The lowest BCUT2D eigenvalue weighted by molar-refractivity contribution is 0.209. The van der Waals surface area contributed by atoms with Gasteiger partial charge in [0.2, 0.25) is 0 Å². The summed E-state index contributed by atoms with van der Waals surface area (Å²) in [6.45, 7) is 6.39. The highest BCUT2D eigenvalue weighted by Crippen LogP contribution is 2.26. The molecular weight excluding hydrogens is 236 g/mol. The van der Waals surface area contributed by atoms with Crippen LogP contribution in [0, 0.1) is 6.92 Å². The number of para-hydroxylation sites is 1. The Labute approximate surface area is 114 Å². The highest BCUT2D eigenvalue weighted by Gasteiger charge is 2.18. The highest BCUT2D eigenvalue weighted by molar-refractivity contribution is 5.94. The third-order valence-electron chi connectivity index (χ3n) is 4.05. The Bertz CT molecular complexity index is 560. The van der Waals surface area contributed by atoms with Crippen molar-refractivity contribution >= 4 is 16.6 Å². The summed E-state index contributed by atoms with van der Waals surface area (Å²) >= 11 is 0. The fourth-order valence-electron chi connectivity index (χ4n) is 2.81. The van der Waals surface area contributed by atoms with Crippen LogP contribution in [0.2, 0.25) is 0 Å². The molecule has 0 amide bonds. The Balaban J connectivity index is 1.76. The van der Waals surface area contributed by atoms with Crippen LogP contribution in [0.25, 0.3) is 10.9 Å². The van der Waals surface area contributed by atoms with Crippen LogP contribution in [0.15, 0.2) is 24.3 Å². The van der Waals surface area contributed by atoms with Crippen LogP contribution in [-0.2, 0) is 0 Å². The summed E-state index contributed by atoms with van der Waals surface area (Å²) in [4.78, 5) is 5.86. The van der Waals surface area contributed by atoms with E-state index < -0.39 is 0 Å². The fourth-order valence-corrected chi connectivity index (χ4v) is 2.81. The molecule has 2 heterocycles. The first-order chi connectivity index (χ1) is 9.25. The van der Waals surface area contributed by atoms with Crippen molar-refractivity contribution in [2.45, 2.75) is 13.0 Å². The number of rotatable bonds is 3. The molecule has 0 spiro atoms. The van der Waals surface area contributed by atoms with Crippen molar-refractivity contribution in [3.8, 4) is 0 Å². The molecule has 3 N–H and O–H groups in total. The zero-order valence-corrected chi connectivity index (χ0v) is 11.7. The minimum Gasteiger partial charge on any atom is -0.381 e. The average Bonchev–Trinajstić information content (AvgIpc) is 2.74. The third-order valence-corrected chi connectivity index (χ3v) is 4.05. The molecule has 1 aromatic carbocycles. The zero-order chi connectivity index (χ0) is 13.2. The Hall–Kier alpha value is -1.52. The Morgan fingerprint density at radius 2 is 2.21 bits per heavy atom. The first-order valence-corrected chi connectivity index (χ1v) is 6.98. The van der Waals surface area contributed by atoms with Crippen LogP contribution in [-0.4, -0.2) is 49.2 Å². The van der Waals surface area contributed by atoms with E-state index in [-0.39, 0.29) is 0 Å². The summed E-state index contributed by atoms with van der Waals surface area (Å²) < 4.78 is 0. The van der Waals surface area contributed by atoms with Gasteiger partial charge in [-0.2, -0.15) is 0 Å². The van der Waals surface area contributed by atoms with Gasteiger partial charge in [0.15, 0.2) is 0 Å². The molecule has 1 fully saturated rings. The molecule has 1 unspecified atom stereocenters. The SMILES string of the molecule is Cc1[nH]c2ccccc2c1NCC1CNCCN1C. The number of fused-ring (bicyclic) bond motifs is 1. The van der Waals surface area contributed by atoms with Crippen molar-refractivity contribution in [3.63, 3.8) is 0 Å². The largest absolute Gasteiger partial charge is 0.381 e. The molecule has 2 aromatic rings. The van der Waals surface area contributed by atoms with Crippen molar-refractivity contribution < 1.29 is 0 Å². The predicted molar refractivity (Wildman–Crippen MR) is 80.8 cm³/mol. The molecule has 3 rings (SSSR count). The van der Waals surface area contributed by atoms with E-state index >= 15 is 0 Å². The van der Waals surface area contributed by atoms with E-state index in [9.17, 15) is 0 Å². The summed E-state index contributed by atoms with van der Waals surface area (Å²) in [5, 5.41) is 8.36. The number of aryl methyl sites for hydroxylation is 1. The maximum atomic E-state index is 3.62. The molecule has 1 aromatic heterocycles. The van der Waals surface area contributed by atoms with Gasteiger partial charge < -0.3 is 15.6 Å². The molecule has 0 aliphatic carbocycles. The van der Waals surface area contributed by atoms with Crippen LogP contribution >= 0.6 is 0 Å². The Morgan fingerprint density at radius 3 is 3.05 bits per heavy atom. The highest BCUT2D eigenvalue weighted by atomic mass is 15.2. The molecule has 1 aliphatic rings. The number of benzene rings is 1. The molecule has 102 valence electrons. The van der Waals surface area contributed by atoms with E-state index in [0.29, 0.717) is 6.04 Å². The van der Waals surface area contributed by atoms with E-state index in [4.69, 9.17) is 0 Å². The number of hydrogen-bond acceptors (Lipinski definition) is 3. The van der Waals surface area contributed by atoms with Gasteiger partial charge in [-0.25, -0.2) is 0 Å². The predicted octanol–water partition coefficient (Wildman–Crippen LogP) is 1.79. The smallest absolute Gasteiger partial charge is 0.0628 e. The van der Waals surface area contributed by atoms with E-state index in [2.05, 4.69) is 58.8 Å². The molecule has 0 radical (unpaired) electrons. The second-order valence-corrected chi connectivity index (χ2v) is 5.39. The van der Waals surface area contributed by atoms with Gasteiger partial charge in [0.05, 0.1) is 5.69 Å². The number of H-pyrrole nitrogens is 1. The molecule has 4 nitrogen and oxygen atoms in total. The number of hydrogen-bond donors (Lipinski definition) is 3. The monoisotopic (exact) mass is 258 g/mol. The van der Waals surface area contributed by atoms with Gasteiger partial charge in [-0.1, -0.05) is 18.2 Å². The average molecular weight is 258 g/mol. The minimum atomic E-state index is 0.557. The van der Waals surface area contributed by atoms with Crippen molar-refractivity contribution in [1.29, 1.82) is 0 Å². The van der Waals surface area contributed by atoms with Crippen molar-refractivity contribution in [3.05, 3.63) is 30.0 Å². The van der Waals surface area contributed by atoms with Crippen LogP contribution in [0.1, 0.15) is 5.69 Å². The van der Waals surface area contributed by atoms with Gasteiger partial charge in [0, 0.05) is 48.8 Å². The number of aromatic amines is 1. The van der Waals surface area contributed by atoms with Crippen molar-refractivity contribution in [1.82, 2.24) is 15.2 Å². The number of aromatic nitrogens is 1. The number of likely N-dealkylation sites (N-methyl/N-ethyl adjacent to an activating group) is 1. The lowest BCUT2D eigenvalue weighted by Gasteiger charge is -2.33. The molecular formula is C15H22N4. The lowest BCUT2D eigenvalue weighted by atomic mass is 10.2. The summed E-state index contributed by atoms with van der Waals surface area (Å²) in [5.74, 6) is 0. The van der Waals surface area contributed by atoms with Crippen LogP contribution in [0.4, 0.5) is 5.69 Å². The molecule has 1 saturated heterocycles. The second kappa shape index (κ2) is 5.23. The first-order valence-electron chi connectivity index (χ1n) is 6.98. The van der Waals surface area contributed by atoms with E-state index in [0.717, 1.165) is 26.2 Å². The standard InChI is InChI=1S/C15H22N4/c1-11-15(13-5-3-4-6-14(13)18-11)17-10-12-9-16-7-8-19(12)2/h3-6,12,16-18H,7-10H2,1-2H3. The summed E-state index contributed by atoms with van der Waals surface area (Å²) in [5.41, 5.74) is 3.67. The third kappa shape index (κ3) is 2.46. The maximum Gasteiger partial charge on any atom is 0.0628 e. The lowest BCUT2D eigenvalue weighted by Crippen LogP contribution is -2.52. The molecule has 0 saturated carbocycles. The molecule has 19 heavy (non-hydrogen) atoms. The first kappa shape index (κ1) is 12.5. The summed E-state index contributed by atoms with van der Waals surface area (Å²) in [6, 6.07) is 9.02. The Morgan fingerprint density at radius 1 is 1.37 bits per heavy atom. The second-order valence-electron chi connectivity index (χ2n) is 5.39. The van der Waals surface area contributed by atoms with E-state index in [1.54, 1.807) is 0 Å². The molecule has 1 aliphatic heterocycles. The molecule has 4 heteroatoms. The zero-order valence-electron chi connectivity index (χ0n) is 11.7.